The molecule has 51 heavy (non-hydrogen) atoms. The summed E-state index contributed by atoms with van der Waals surface area (Å²) in [5.41, 5.74) is 14.9. The predicted molar refractivity (Wildman–Crippen MR) is 211 cm³/mol. The van der Waals surface area contributed by atoms with E-state index >= 15 is 0 Å². The van der Waals surface area contributed by atoms with E-state index in [2.05, 4.69) is 155 Å². The standard InChI is InChI=1S/C46H27BN2O2/c1-5-19-41-33(10-1)34-12-7-11-32(46(34)51-41)30-23-22-29-27-31(25-24-28(29)26-30)48-37-15-3-2-13-35(37)47-36-14-8-21-43-45(36)49(38-16-4-6-20-42(38)50-43)40-18-9-17-39(48)44(40)47/h1-27H. The summed E-state index contributed by atoms with van der Waals surface area (Å²) in [5.74, 6) is 1.77. The molecule has 0 N–H and O–H groups in total. The summed E-state index contributed by atoms with van der Waals surface area (Å²) in [6.07, 6.45) is 0. The average molecular weight is 651 g/mol. The first-order chi connectivity index (χ1) is 25.3. The Balaban J connectivity index is 1.03. The predicted octanol–water partition coefficient (Wildman–Crippen LogP) is 10.6. The quantitative estimate of drug-likeness (QED) is 0.174. The lowest BCUT2D eigenvalue weighted by Crippen LogP contribution is -2.61. The van der Waals surface area contributed by atoms with E-state index < -0.39 is 0 Å². The van der Waals surface area contributed by atoms with Gasteiger partial charge in [0.05, 0.1) is 11.4 Å². The second kappa shape index (κ2) is 9.93. The number of rotatable bonds is 2. The van der Waals surface area contributed by atoms with Gasteiger partial charge in [-0.15, -0.1) is 0 Å². The Morgan fingerprint density at radius 3 is 2.12 bits per heavy atom. The minimum Gasteiger partial charge on any atom is -0.455 e. The van der Waals surface area contributed by atoms with Crippen LogP contribution in [0.5, 0.6) is 11.5 Å². The van der Waals surface area contributed by atoms with Crippen LogP contribution in [0.4, 0.5) is 34.1 Å². The number of fused-ring (bicyclic) bond motifs is 10. The zero-order valence-electron chi connectivity index (χ0n) is 27.4. The topological polar surface area (TPSA) is 28.9 Å². The Bertz CT molecular complexity index is 2950. The van der Waals surface area contributed by atoms with E-state index in [0.717, 1.165) is 61.6 Å². The fourth-order valence-electron chi connectivity index (χ4n) is 8.87. The van der Waals surface area contributed by atoms with Gasteiger partial charge in [0.1, 0.15) is 11.2 Å². The van der Waals surface area contributed by atoms with Crippen molar-refractivity contribution < 1.29 is 9.15 Å². The molecule has 4 heterocycles. The highest BCUT2D eigenvalue weighted by Crippen LogP contribution is 2.52. The Morgan fingerprint density at radius 1 is 0.471 bits per heavy atom. The maximum atomic E-state index is 6.51. The van der Waals surface area contributed by atoms with Crippen molar-refractivity contribution in [2.24, 2.45) is 0 Å². The van der Waals surface area contributed by atoms with Gasteiger partial charge in [0.15, 0.2) is 11.5 Å². The van der Waals surface area contributed by atoms with Crippen LogP contribution >= 0.6 is 0 Å². The molecule has 4 nitrogen and oxygen atoms in total. The van der Waals surface area contributed by atoms with Gasteiger partial charge in [-0.05, 0) is 93.4 Å². The molecule has 0 saturated heterocycles. The number of nitrogens with zero attached hydrogens (tertiary/aromatic N) is 2. The lowest BCUT2D eigenvalue weighted by atomic mass is 9.33. The van der Waals surface area contributed by atoms with Crippen LogP contribution in [-0.4, -0.2) is 6.71 Å². The molecule has 0 amide bonds. The van der Waals surface area contributed by atoms with Gasteiger partial charge in [0, 0.05) is 39.1 Å². The number of hydrogen-bond acceptors (Lipinski definition) is 4. The summed E-state index contributed by atoms with van der Waals surface area (Å²) in [5, 5.41) is 4.67. The van der Waals surface area contributed by atoms with E-state index in [1.54, 1.807) is 0 Å². The summed E-state index contributed by atoms with van der Waals surface area (Å²) < 4.78 is 12.9. The number of anilines is 6. The van der Waals surface area contributed by atoms with Gasteiger partial charge in [-0.2, -0.15) is 0 Å². The molecular weight excluding hydrogens is 623 g/mol. The van der Waals surface area contributed by atoms with E-state index in [1.165, 1.54) is 44.2 Å². The van der Waals surface area contributed by atoms with Crippen LogP contribution in [0.15, 0.2) is 168 Å². The van der Waals surface area contributed by atoms with Crippen LogP contribution in [0.2, 0.25) is 0 Å². The SMILES string of the molecule is c1ccc2c(c1)Oc1cccc3c1N2c1cccc2c1B3c1ccccc1N2c1ccc2cc(-c3cccc4c3oc3ccccc34)ccc2c1. The lowest BCUT2D eigenvalue weighted by Gasteiger charge is -2.45. The molecule has 5 heteroatoms. The number of benzene rings is 8. The molecule has 236 valence electrons. The molecule has 0 bridgehead atoms. The zero-order chi connectivity index (χ0) is 33.2. The van der Waals surface area contributed by atoms with Gasteiger partial charge in [-0.3, -0.25) is 0 Å². The molecular formula is C46H27BN2O2. The van der Waals surface area contributed by atoms with Gasteiger partial charge in [0.2, 0.25) is 0 Å². The van der Waals surface area contributed by atoms with Crippen LogP contribution < -0.4 is 30.9 Å². The Kier molecular flexibility index (Phi) is 5.29. The fourth-order valence-corrected chi connectivity index (χ4v) is 8.87. The number of hydrogen-bond donors (Lipinski definition) is 0. The zero-order valence-corrected chi connectivity index (χ0v) is 27.4. The molecule has 12 rings (SSSR count). The Labute approximate surface area is 294 Å². The van der Waals surface area contributed by atoms with Gasteiger partial charge in [-0.1, -0.05) is 103 Å². The van der Waals surface area contributed by atoms with Gasteiger partial charge < -0.3 is 19.0 Å². The first-order valence-electron chi connectivity index (χ1n) is 17.5. The first-order valence-corrected chi connectivity index (χ1v) is 17.5. The van der Waals surface area contributed by atoms with Crippen molar-refractivity contribution in [3.05, 3.63) is 164 Å². The van der Waals surface area contributed by atoms with E-state index in [0.29, 0.717) is 0 Å². The fraction of sp³-hybridized carbons (Fsp3) is 0. The van der Waals surface area contributed by atoms with Crippen molar-refractivity contribution in [2.75, 3.05) is 9.80 Å². The van der Waals surface area contributed by atoms with Crippen LogP contribution in [0.3, 0.4) is 0 Å². The minimum atomic E-state index is 0.0766. The number of para-hydroxylation sites is 6. The highest BCUT2D eigenvalue weighted by atomic mass is 16.5. The second-order valence-corrected chi connectivity index (χ2v) is 13.7. The third-order valence-corrected chi connectivity index (χ3v) is 11.0. The molecule has 0 spiro atoms. The minimum absolute atomic E-state index is 0.0766. The third kappa shape index (κ3) is 3.64. The van der Waals surface area contributed by atoms with Crippen LogP contribution in [-0.2, 0) is 0 Å². The van der Waals surface area contributed by atoms with E-state index in [9.17, 15) is 0 Å². The van der Waals surface area contributed by atoms with E-state index in [4.69, 9.17) is 9.15 Å². The van der Waals surface area contributed by atoms with Gasteiger partial charge >= 0.3 is 0 Å². The van der Waals surface area contributed by atoms with E-state index in [1.807, 2.05) is 18.2 Å². The molecule has 0 radical (unpaired) electrons. The molecule has 9 aromatic rings. The molecule has 8 aromatic carbocycles. The summed E-state index contributed by atoms with van der Waals surface area (Å²) in [6.45, 7) is 0.0766. The summed E-state index contributed by atoms with van der Waals surface area (Å²) in [6, 6.07) is 58.8. The van der Waals surface area contributed by atoms with Crippen LogP contribution in [0.25, 0.3) is 43.8 Å². The lowest BCUT2D eigenvalue weighted by molar-refractivity contribution is 0.477. The maximum absolute atomic E-state index is 6.51. The number of ether oxygens (including phenoxy) is 1. The average Bonchev–Trinajstić information content (AvgIpc) is 3.57. The number of furan rings is 1. The molecule has 0 unspecified atom stereocenters. The van der Waals surface area contributed by atoms with Crippen molar-refractivity contribution in [1.29, 1.82) is 0 Å². The normalized spacial score (nSPS) is 13.5. The molecule has 0 fully saturated rings. The molecule has 0 saturated carbocycles. The highest BCUT2D eigenvalue weighted by Gasteiger charge is 2.45. The smallest absolute Gasteiger partial charge is 0.252 e. The maximum Gasteiger partial charge on any atom is 0.252 e. The molecule has 0 atom stereocenters. The largest absolute Gasteiger partial charge is 0.455 e. The molecule has 0 aliphatic carbocycles. The van der Waals surface area contributed by atoms with Crippen molar-refractivity contribution in [3.8, 4) is 22.6 Å². The van der Waals surface area contributed by atoms with Crippen LogP contribution in [0, 0.1) is 0 Å². The Morgan fingerprint density at radius 2 is 1.16 bits per heavy atom. The van der Waals surface area contributed by atoms with Gasteiger partial charge in [-0.25, -0.2) is 0 Å². The van der Waals surface area contributed by atoms with Crippen molar-refractivity contribution >= 4 is 89.9 Å². The third-order valence-electron chi connectivity index (χ3n) is 11.0. The first kappa shape index (κ1) is 27.1. The van der Waals surface area contributed by atoms with Crippen molar-refractivity contribution in [1.82, 2.24) is 0 Å². The van der Waals surface area contributed by atoms with E-state index in [-0.39, 0.29) is 6.71 Å². The molecule has 3 aliphatic rings. The Hall–Kier alpha value is -6.72. The van der Waals surface area contributed by atoms with Crippen LogP contribution in [0.1, 0.15) is 0 Å². The summed E-state index contributed by atoms with van der Waals surface area (Å²) in [7, 11) is 0. The second-order valence-electron chi connectivity index (χ2n) is 13.7. The van der Waals surface area contributed by atoms with Crippen molar-refractivity contribution in [2.45, 2.75) is 0 Å². The highest BCUT2D eigenvalue weighted by molar-refractivity contribution is 7.00. The monoisotopic (exact) mass is 650 g/mol. The van der Waals surface area contributed by atoms with Gasteiger partial charge in [0.25, 0.3) is 6.71 Å². The van der Waals surface area contributed by atoms with Crippen molar-refractivity contribution in [3.63, 3.8) is 0 Å². The summed E-state index contributed by atoms with van der Waals surface area (Å²) in [4.78, 5) is 4.86. The molecule has 1 aromatic heterocycles. The summed E-state index contributed by atoms with van der Waals surface area (Å²) >= 11 is 0. The molecule has 3 aliphatic heterocycles.